The van der Waals surface area contributed by atoms with Gasteiger partial charge in [-0.1, -0.05) is 36.7 Å². The van der Waals surface area contributed by atoms with Gasteiger partial charge in [0.15, 0.2) is 5.82 Å². The third kappa shape index (κ3) is 4.74. The van der Waals surface area contributed by atoms with Crippen molar-refractivity contribution in [2.24, 2.45) is 5.92 Å². The Balaban J connectivity index is 1.42. The maximum absolute atomic E-state index is 12.3. The number of nitrogens with one attached hydrogen (secondary N) is 1. The molecule has 148 valence electrons. The Morgan fingerprint density at radius 2 is 1.79 bits per heavy atom. The van der Waals surface area contributed by atoms with Crippen LogP contribution in [0.3, 0.4) is 0 Å². The van der Waals surface area contributed by atoms with E-state index in [4.69, 9.17) is 11.6 Å². The fraction of sp³-hybridized carbons (Fsp3) is 0.261. The summed E-state index contributed by atoms with van der Waals surface area (Å²) in [6.45, 7) is 4.37. The monoisotopic (exact) mass is 406 g/mol. The minimum absolute atomic E-state index is 0.194. The number of hydrogen-bond acceptors (Lipinski definition) is 4. The summed E-state index contributed by atoms with van der Waals surface area (Å²) in [6, 6.07) is 18.5. The number of anilines is 2. The quantitative estimate of drug-likeness (QED) is 0.639. The number of carbonyl (C=O) groups is 1. The Hall–Kier alpha value is -2.92. The summed E-state index contributed by atoms with van der Waals surface area (Å²) in [5.41, 5.74) is 3.00. The molecular formula is C23H23ClN4O. The number of carbonyl (C=O) groups excluding carboxylic acids is 1. The van der Waals surface area contributed by atoms with Gasteiger partial charge in [0.25, 0.3) is 5.91 Å². The highest BCUT2D eigenvalue weighted by molar-refractivity contribution is 6.31. The summed E-state index contributed by atoms with van der Waals surface area (Å²) in [5, 5.41) is 12.2. The third-order valence-corrected chi connectivity index (χ3v) is 5.52. The van der Waals surface area contributed by atoms with Crippen LogP contribution in [0.2, 0.25) is 5.02 Å². The standard InChI is InChI=1S/C23H23ClN4O/c1-16-11-13-28(14-12-16)22-10-9-21(26-27-22)17-5-7-20(8-6-17)25-23(29)18-3-2-4-19(24)15-18/h2-10,15-16H,11-14H2,1H3,(H,25,29). The van der Waals surface area contributed by atoms with Gasteiger partial charge in [-0.05, 0) is 61.2 Å². The number of hydrogen-bond donors (Lipinski definition) is 1. The largest absolute Gasteiger partial charge is 0.355 e. The van der Waals surface area contributed by atoms with Gasteiger partial charge in [-0.3, -0.25) is 4.79 Å². The molecule has 1 aromatic heterocycles. The first-order valence-corrected chi connectivity index (χ1v) is 10.2. The van der Waals surface area contributed by atoms with Crippen molar-refractivity contribution in [1.29, 1.82) is 0 Å². The van der Waals surface area contributed by atoms with Crippen molar-refractivity contribution in [3.8, 4) is 11.3 Å². The van der Waals surface area contributed by atoms with Gasteiger partial charge in [0, 0.05) is 34.9 Å². The number of benzene rings is 2. The van der Waals surface area contributed by atoms with Gasteiger partial charge in [-0.2, -0.15) is 0 Å². The minimum atomic E-state index is -0.194. The predicted octanol–water partition coefficient (Wildman–Crippen LogP) is 5.29. The van der Waals surface area contributed by atoms with Gasteiger partial charge in [-0.25, -0.2) is 0 Å². The van der Waals surface area contributed by atoms with Crippen LogP contribution >= 0.6 is 11.6 Å². The zero-order valence-corrected chi connectivity index (χ0v) is 17.1. The highest BCUT2D eigenvalue weighted by Gasteiger charge is 2.17. The van der Waals surface area contributed by atoms with E-state index in [0.717, 1.165) is 36.1 Å². The van der Waals surface area contributed by atoms with E-state index in [-0.39, 0.29) is 5.91 Å². The molecule has 2 heterocycles. The van der Waals surface area contributed by atoms with Crippen LogP contribution in [-0.4, -0.2) is 29.2 Å². The summed E-state index contributed by atoms with van der Waals surface area (Å²) < 4.78 is 0. The summed E-state index contributed by atoms with van der Waals surface area (Å²) in [7, 11) is 0. The van der Waals surface area contributed by atoms with E-state index < -0.39 is 0 Å². The van der Waals surface area contributed by atoms with E-state index in [9.17, 15) is 4.79 Å². The second-order valence-electron chi connectivity index (χ2n) is 7.49. The maximum atomic E-state index is 12.3. The van der Waals surface area contributed by atoms with Crippen LogP contribution in [0.4, 0.5) is 11.5 Å². The molecule has 4 rings (SSSR count). The molecule has 1 aliphatic heterocycles. The number of rotatable bonds is 4. The lowest BCUT2D eigenvalue weighted by Gasteiger charge is -2.30. The lowest BCUT2D eigenvalue weighted by atomic mass is 9.99. The smallest absolute Gasteiger partial charge is 0.255 e. The van der Waals surface area contributed by atoms with Crippen LogP contribution in [0.25, 0.3) is 11.3 Å². The molecule has 0 saturated carbocycles. The molecule has 5 nitrogen and oxygen atoms in total. The summed E-state index contributed by atoms with van der Waals surface area (Å²) in [6.07, 6.45) is 2.40. The molecule has 2 aromatic carbocycles. The average Bonchev–Trinajstić information content (AvgIpc) is 2.75. The van der Waals surface area contributed by atoms with Gasteiger partial charge < -0.3 is 10.2 Å². The lowest BCUT2D eigenvalue weighted by Crippen LogP contribution is -2.33. The first kappa shape index (κ1) is 19.4. The SMILES string of the molecule is CC1CCN(c2ccc(-c3ccc(NC(=O)c4cccc(Cl)c4)cc3)nn2)CC1. The van der Waals surface area contributed by atoms with Crippen molar-refractivity contribution in [2.45, 2.75) is 19.8 Å². The zero-order chi connectivity index (χ0) is 20.2. The Kier molecular flexibility index (Phi) is 5.76. The first-order valence-electron chi connectivity index (χ1n) is 9.84. The Labute approximate surface area is 175 Å². The fourth-order valence-corrected chi connectivity index (χ4v) is 3.63. The van der Waals surface area contributed by atoms with Crippen molar-refractivity contribution in [3.05, 3.63) is 71.2 Å². The highest BCUT2D eigenvalue weighted by atomic mass is 35.5. The van der Waals surface area contributed by atoms with Gasteiger partial charge in [0.2, 0.25) is 0 Å². The number of aromatic nitrogens is 2. The molecule has 1 amide bonds. The minimum Gasteiger partial charge on any atom is -0.355 e. The molecule has 1 aliphatic rings. The van der Waals surface area contributed by atoms with E-state index in [1.165, 1.54) is 12.8 Å². The summed E-state index contributed by atoms with van der Waals surface area (Å²) in [5.74, 6) is 1.53. The third-order valence-electron chi connectivity index (χ3n) is 5.28. The van der Waals surface area contributed by atoms with E-state index in [1.807, 2.05) is 36.4 Å². The van der Waals surface area contributed by atoms with Gasteiger partial charge in [-0.15, -0.1) is 10.2 Å². The van der Waals surface area contributed by atoms with Crippen LogP contribution in [-0.2, 0) is 0 Å². The number of amides is 1. The molecule has 6 heteroatoms. The molecule has 0 spiro atoms. The van der Waals surface area contributed by atoms with Crippen molar-refractivity contribution in [3.63, 3.8) is 0 Å². The normalized spacial score (nSPS) is 14.6. The lowest BCUT2D eigenvalue weighted by molar-refractivity contribution is 0.102. The number of nitrogens with zero attached hydrogens (tertiary/aromatic N) is 3. The molecule has 1 N–H and O–H groups in total. The molecule has 0 aliphatic carbocycles. The van der Waals surface area contributed by atoms with Gasteiger partial charge in [0.1, 0.15) is 0 Å². The van der Waals surface area contributed by atoms with Gasteiger partial charge >= 0.3 is 0 Å². The van der Waals surface area contributed by atoms with Crippen LogP contribution < -0.4 is 10.2 Å². The summed E-state index contributed by atoms with van der Waals surface area (Å²) in [4.78, 5) is 14.6. The van der Waals surface area contributed by atoms with Crippen molar-refractivity contribution < 1.29 is 4.79 Å². The first-order chi connectivity index (χ1) is 14.1. The number of piperidine rings is 1. The molecule has 29 heavy (non-hydrogen) atoms. The van der Waals surface area contributed by atoms with E-state index in [2.05, 4.69) is 27.3 Å². The molecule has 0 radical (unpaired) electrons. The van der Waals surface area contributed by atoms with Crippen LogP contribution in [0, 0.1) is 5.92 Å². The van der Waals surface area contributed by atoms with Crippen molar-refractivity contribution >= 4 is 29.0 Å². The van der Waals surface area contributed by atoms with Crippen molar-refractivity contribution in [1.82, 2.24) is 10.2 Å². The topological polar surface area (TPSA) is 58.1 Å². The highest BCUT2D eigenvalue weighted by Crippen LogP contribution is 2.24. The second kappa shape index (κ2) is 8.62. The summed E-state index contributed by atoms with van der Waals surface area (Å²) >= 11 is 5.95. The molecule has 0 bridgehead atoms. The van der Waals surface area contributed by atoms with Crippen LogP contribution in [0.1, 0.15) is 30.1 Å². The molecule has 1 fully saturated rings. The second-order valence-corrected chi connectivity index (χ2v) is 7.92. The maximum Gasteiger partial charge on any atom is 0.255 e. The Morgan fingerprint density at radius 1 is 1.03 bits per heavy atom. The van der Waals surface area contributed by atoms with Crippen molar-refractivity contribution in [2.75, 3.05) is 23.3 Å². The molecular weight excluding hydrogens is 384 g/mol. The molecule has 0 unspecified atom stereocenters. The molecule has 0 atom stereocenters. The van der Waals surface area contributed by atoms with Crippen LogP contribution in [0.5, 0.6) is 0 Å². The number of halogens is 1. The van der Waals surface area contributed by atoms with E-state index in [0.29, 0.717) is 16.3 Å². The zero-order valence-electron chi connectivity index (χ0n) is 16.3. The van der Waals surface area contributed by atoms with E-state index in [1.54, 1.807) is 24.3 Å². The molecule has 1 saturated heterocycles. The average molecular weight is 407 g/mol. The Bertz CT molecular complexity index is 981. The van der Waals surface area contributed by atoms with E-state index >= 15 is 0 Å². The Morgan fingerprint density at radius 3 is 2.45 bits per heavy atom. The van der Waals surface area contributed by atoms with Gasteiger partial charge in [0.05, 0.1) is 5.69 Å². The predicted molar refractivity (Wildman–Crippen MR) is 117 cm³/mol. The molecule has 3 aromatic rings. The fourth-order valence-electron chi connectivity index (χ4n) is 3.44. The van der Waals surface area contributed by atoms with Crippen LogP contribution in [0.15, 0.2) is 60.7 Å².